The van der Waals surface area contributed by atoms with Gasteiger partial charge in [-0.1, -0.05) is 24.3 Å². The van der Waals surface area contributed by atoms with Gasteiger partial charge in [0.25, 0.3) is 11.6 Å². The summed E-state index contributed by atoms with van der Waals surface area (Å²) in [6.07, 6.45) is 4.66. The van der Waals surface area contributed by atoms with Gasteiger partial charge in [-0.25, -0.2) is 9.80 Å². The van der Waals surface area contributed by atoms with Gasteiger partial charge in [0, 0.05) is 25.1 Å². The van der Waals surface area contributed by atoms with E-state index in [2.05, 4.69) is 6.08 Å². The molecule has 12 heteroatoms. The predicted molar refractivity (Wildman–Crippen MR) is 175 cm³/mol. The zero-order chi connectivity index (χ0) is 32.9. The number of fused-ring (bicyclic) bond motifs is 1. The lowest BCUT2D eigenvalue weighted by Crippen LogP contribution is -2.36. The first-order chi connectivity index (χ1) is 22.9. The number of anilines is 1. The average molecular weight is 641 g/mol. The van der Waals surface area contributed by atoms with Crippen LogP contribution in [0.4, 0.5) is 11.4 Å². The lowest BCUT2D eigenvalue weighted by Gasteiger charge is -2.29. The number of esters is 1. The number of hydrogen-bond donors (Lipinski definition) is 0. The third-order valence-electron chi connectivity index (χ3n) is 8.76. The topological polar surface area (TPSA) is 133 Å². The van der Waals surface area contributed by atoms with Crippen LogP contribution in [-0.4, -0.2) is 74.7 Å². The molecular weight excluding hydrogens is 604 g/mol. The number of morpholine rings is 1. The molecule has 3 aromatic rings. The summed E-state index contributed by atoms with van der Waals surface area (Å²) in [6.45, 7) is 1.35. The van der Waals surface area contributed by atoms with Crippen LogP contribution in [0.15, 0.2) is 77.4 Å². The summed E-state index contributed by atoms with van der Waals surface area (Å²) >= 11 is 0. The van der Waals surface area contributed by atoms with Gasteiger partial charge in [0.05, 0.1) is 49.7 Å². The molecule has 0 aromatic heterocycles. The number of rotatable bonds is 9. The van der Waals surface area contributed by atoms with E-state index in [1.807, 2.05) is 53.4 Å². The number of hydrogen-bond acceptors (Lipinski definition) is 10. The minimum atomic E-state index is -0.833. The molecule has 3 aromatic carbocycles. The molecule has 2 heterocycles. The van der Waals surface area contributed by atoms with Crippen molar-refractivity contribution in [3.05, 3.63) is 99.1 Å². The molecule has 6 rings (SSSR count). The molecule has 1 saturated heterocycles. The highest BCUT2D eigenvalue weighted by Crippen LogP contribution is 2.44. The van der Waals surface area contributed by atoms with Gasteiger partial charge in [-0.2, -0.15) is 5.10 Å². The van der Waals surface area contributed by atoms with E-state index in [4.69, 9.17) is 24.0 Å². The van der Waals surface area contributed by atoms with Gasteiger partial charge in [0.15, 0.2) is 6.61 Å². The third-order valence-corrected chi connectivity index (χ3v) is 8.76. The van der Waals surface area contributed by atoms with Crippen molar-refractivity contribution in [3.63, 3.8) is 0 Å². The largest absolute Gasteiger partial charge is 0.497 e. The van der Waals surface area contributed by atoms with Crippen molar-refractivity contribution in [1.29, 1.82) is 0 Å². The van der Waals surface area contributed by atoms with Crippen LogP contribution in [0.3, 0.4) is 0 Å². The minimum Gasteiger partial charge on any atom is -0.497 e. The number of nitro groups is 1. The smallest absolute Gasteiger partial charge is 0.338 e. The number of benzene rings is 3. The van der Waals surface area contributed by atoms with E-state index < -0.39 is 29.4 Å². The summed E-state index contributed by atoms with van der Waals surface area (Å²) in [7, 11) is 3.22. The van der Waals surface area contributed by atoms with Crippen molar-refractivity contribution in [1.82, 2.24) is 5.01 Å². The Bertz CT molecular complexity index is 1700. The third kappa shape index (κ3) is 6.82. The second kappa shape index (κ2) is 14.0. The van der Waals surface area contributed by atoms with Crippen LogP contribution < -0.4 is 14.4 Å². The van der Waals surface area contributed by atoms with Gasteiger partial charge >= 0.3 is 5.97 Å². The molecule has 47 heavy (non-hydrogen) atoms. The standard InChI is InChI=1S/C35H36N4O8/c1-44-27-11-6-23(7-12-27)20-25-4-3-5-29-33(25)36-38(34(29)24-8-13-28(45-2)14-9-24)32(40)22-47-35(41)26-10-15-30(31(21-26)39(42)43)37-16-18-46-19-17-37/h6-15,20-21,29,34H,3-5,16-19,22H2,1-2H3. The van der Waals surface area contributed by atoms with Crippen molar-refractivity contribution >= 4 is 35.0 Å². The number of allylic oxidation sites excluding steroid dienone is 1. The number of amides is 1. The van der Waals surface area contributed by atoms with Crippen LogP contribution in [0.2, 0.25) is 0 Å². The molecule has 244 valence electrons. The number of carbonyl (C=O) groups is 2. The van der Waals surface area contributed by atoms with Crippen molar-refractivity contribution < 1.29 is 33.5 Å². The fraction of sp³-hybridized carbons (Fsp3) is 0.343. The maximum absolute atomic E-state index is 13.8. The summed E-state index contributed by atoms with van der Waals surface area (Å²) in [5, 5.41) is 18.2. The Hall–Kier alpha value is -5.23. The molecule has 0 N–H and O–H groups in total. The van der Waals surface area contributed by atoms with Crippen LogP contribution in [0, 0.1) is 16.0 Å². The zero-order valence-electron chi connectivity index (χ0n) is 26.3. The number of nitro benzene ring substituents is 1. The van der Waals surface area contributed by atoms with E-state index in [0.717, 1.165) is 47.4 Å². The molecule has 2 aliphatic heterocycles. The fourth-order valence-electron chi connectivity index (χ4n) is 6.39. The maximum atomic E-state index is 13.8. The first-order valence-corrected chi connectivity index (χ1v) is 15.5. The van der Waals surface area contributed by atoms with Crippen LogP contribution in [0.5, 0.6) is 11.5 Å². The molecule has 0 spiro atoms. The van der Waals surface area contributed by atoms with Crippen molar-refractivity contribution in [2.45, 2.75) is 25.3 Å². The van der Waals surface area contributed by atoms with E-state index in [1.54, 1.807) is 14.2 Å². The molecule has 0 bridgehead atoms. The van der Waals surface area contributed by atoms with E-state index in [-0.39, 0.29) is 17.2 Å². The van der Waals surface area contributed by atoms with Crippen molar-refractivity contribution in [3.8, 4) is 11.5 Å². The SMILES string of the molecule is COc1ccc(C=C2CCCC3C2=NN(C(=O)COC(=O)c2ccc(N4CCOCC4)c([N+](=O)[O-])c2)C3c2ccc(OC)cc2)cc1. The number of ether oxygens (including phenoxy) is 4. The summed E-state index contributed by atoms with van der Waals surface area (Å²) < 4.78 is 21.4. The Balaban J connectivity index is 1.24. The second-order valence-corrected chi connectivity index (χ2v) is 11.5. The summed E-state index contributed by atoms with van der Waals surface area (Å²) in [4.78, 5) is 40.1. The molecule has 2 unspecified atom stereocenters. The van der Waals surface area contributed by atoms with Gasteiger partial charge in [-0.3, -0.25) is 14.9 Å². The Labute approximate surface area is 272 Å². The first kappa shape index (κ1) is 31.7. The molecule has 3 aliphatic rings. The maximum Gasteiger partial charge on any atom is 0.338 e. The normalized spacial score (nSPS) is 20.0. The fourth-order valence-corrected chi connectivity index (χ4v) is 6.39. The van der Waals surface area contributed by atoms with Crippen molar-refractivity contribution in [2.75, 3.05) is 52.0 Å². The number of methoxy groups -OCH3 is 2. The lowest BCUT2D eigenvalue weighted by molar-refractivity contribution is -0.384. The number of nitrogens with zero attached hydrogens (tertiary/aromatic N) is 4. The van der Waals surface area contributed by atoms with E-state index in [1.165, 1.54) is 23.2 Å². The first-order valence-electron chi connectivity index (χ1n) is 15.5. The van der Waals surface area contributed by atoms with Crippen molar-refractivity contribution in [2.24, 2.45) is 11.0 Å². The van der Waals surface area contributed by atoms with Crippen LogP contribution in [0.25, 0.3) is 6.08 Å². The van der Waals surface area contributed by atoms with Gasteiger partial charge in [-0.05, 0) is 78.4 Å². The Morgan fingerprint density at radius 2 is 1.68 bits per heavy atom. The Morgan fingerprint density at radius 3 is 2.34 bits per heavy atom. The van der Waals surface area contributed by atoms with Crippen LogP contribution >= 0.6 is 0 Å². The highest BCUT2D eigenvalue weighted by Gasteiger charge is 2.44. The highest BCUT2D eigenvalue weighted by atomic mass is 16.6. The average Bonchev–Trinajstić information content (AvgIpc) is 3.51. The quantitative estimate of drug-likeness (QED) is 0.171. The Morgan fingerprint density at radius 1 is 1.00 bits per heavy atom. The summed E-state index contributed by atoms with van der Waals surface area (Å²) in [5.74, 6) is 0.0684. The summed E-state index contributed by atoms with van der Waals surface area (Å²) in [5.41, 5.74) is 3.94. The highest BCUT2D eigenvalue weighted by molar-refractivity contribution is 6.08. The van der Waals surface area contributed by atoms with Gasteiger partial charge in [0.2, 0.25) is 0 Å². The molecule has 1 amide bonds. The molecule has 2 fully saturated rings. The zero-order valence-corrected chi connectivity index (χ0v) is 26.3. The molecule has 0 radical (unpaired) electrons. The second-order valence-electron chi connectivity index (χ2n) is 11.5. The summed E-state index contributed by atoms with van der Waals surface area (Å²) in [6, 6.07) is 19.1. The molecule has 2 atom stereocenters. The van der Waals surface area contributed by atoms with E-state index in [9.17, 15) is 19.7 Å². The van der Waals surface area contributed by atoms with Gasteiger partial charge in [-0.15, -0.1) is 0 Å². The van der Waals surface area contributed by atoms with Gasteiger partial charge < -0.3 is 23.8 Å². The van der Waals surface area contributed by atoms with Gasteiger partial charge in [0.1, 0.15) is 17.2 Å². The van der Waals surface area contributed by atoms with Crippen LogP contribution in [-0.2, 0) is 14.3 Å². The van der Waals surface area contributed by atoms with E-state index >= 15 is 0 Å². The Kier molecular flexibility index (Phi) is 9.48. The molecule has 1 saturated carbocycles. The lowest BCUT2D eigenvalue weighted by atomic mass is 9.77. The molecule has 12 nitrogen and oxygen atoms in total. The predicted octanol–water partition coefficient (Wildman–Crippen LogP) is 5.43. The molecular formula is C35H36N4O8. The van der Waals surface area contributed by atoms with Crippen LogP contribution in [0.1, 0.15) is 46.8 Å². The number of hydrazone groups is 1. The number of carbonyl (C=O) groups excluding carboxylic acids is 2. The molecule has 1 aliphatic carbocycles. The van der Waals surface area contributed by atoms with E-state index in [0.29, 0.717) is 37.7 Å². The monoisotopic (exact) mass is 640 g/mol. The minimum absolute atomic E-state index is 0.0145.